The van der Waals surface area contributed by atoms with E-state index in [1.54, 1.807) is 55.5 Å². The summed E-state index contributed by atoms with van der Waals surface area (Å²) in [6.07, 6.45) is 5.17. The van der Waals surface area contributed by atoms with Gasteiger partial charge < -0.3 is 14.8 Å². The lowest BCUT2D eigenvalue weighted by atomic mass is 9.98. The van der Waals surface area contributed by atoms with Crippen molar-refractivity contribution in [2.45, 2.75) is 57.7 Å². The molecule has 1 aliphatic rings. The van der Waals surface area contributed by atoms with E-state index >= 15 is 0 Å². The van der Waals surface area contributed by atoms with Crippen LogP contribution in [0.2, 0.25) is 0 Å². The smallest absolute Gasteiger partial charge is 0.344 e. The van der Waals surface area contributed by atoms with E-state index in [9.17, 15) is 14.4 Å². The molecule has 2 aromatic carbocycles. The average Bonchev–Trinajstić information content (AvgIpc) is 2.84. The molecule has 174 valence electrons. The van der Waals surface area contributed by atoms with Gasteiger partial charge in [-0.25, -0.2) is 10.3 Å². The summed E-state index contributed by atoms with van der Waals surface area (Å²) < 4.78 is 10.9. The Labute approximate surface area is 193 Å². The van der Waals surface area contributed by atoms with Crippen molar-refractivity contribution in [3.05, 3.63) is 65.2 Å². The lowest BCUT2D eigenvalue weighted by Gasteiger charge is -2.21. The fourth-order valence-corrected chi connectivity index (χ4v) is 3.71. The number of nitrogens with one attached hydrogen (secondary N) is 2. The van der Waals surface area contributed by atoms with Crippen molar-refractivity contribution < 1.29 is 23.9 Å². The van der Waals surface area contributed by atoms with Crippen LogP contribution in [0.4, 0.5) is 0 Å². The van der Waals surface area contributed by atoms with E-state index in [2.05, 4.69) is 10.4 Å². The Morgan fingerprint density at radius 1 is 1.00 bits per heavy atom. The van der Waals surface area contributed by atoms with Gasteiger partial charge in [0, 0.05) is 11.1 Å². The molecule has 8 heteroatoms. The minimum Gasteiger partial charge on any atom is -0.482 e. The van der Waals surface area contributed by atoms with Crippen LogP contribution in [-0.2, 0) is 16.1 Å². The first-order valence-corrected chi connectivity index (χ1v) is 11.2. The Kier molecular flexibility index (Phi) is 8.69. The first-order valence-electron chi connectivity index (χ1n) is 11.2. The topological polar surface area (TPSA) is 118 Å². The molecular weight excluding hydrogens is 422 g/mol. The van der Waals surface area contributed by atoms with Gasteiger partial charge in [-0.2, -0.15) is 5.11 Å². The molecule has 1 saturated carbocycles. The van der Waals surface area contributed by atoms with Crippen LogP contribution in [0, 0.1) is 5.53 Å². The van der Waals surface area contributed by atoms with Crippen molar-refractivity contribution in [1.29, 1.82) is 5.53 Å². The van der Waals surface area contributed by atoms with Crippen LogP contribution in [0.1, 0.15) is 65.3 Å². The quantitative estimate of drug-likeness (QED) is 0.314. The van der Waals surface area contributed by atoms with Gasteiger partial charge in [-0.15, -0.1) is 0 Å². The monoisotopic (exact) mass is 451 g/mol. The molecule has 1 aliphatic carbocycles. The number of hydrogen-bond donors (Lipinski definition) is 2. The Hall–Kier alpha value is -3.55. The zero-order chi connectivity index (χ0) is 23.6. The van der Waals surface area contributed by atoms with E-state index in [1.807, 2.05) is 0 Å². The minimum absolute atomic E-state index is 0.0109. The highest BCUT2D eigenvalue weighted by Gasteiger charge is 2.20. The fourth-order valence-electron chi connectivity index (χ4n) is 3.71. The molecule has 2 aromatic rings. The van der Waals surface area contributed by atoms with Gasteiger partial charge in [-0.05, 0) is 74.6 Å². The van der Waals surface area contributed by atoms with E-state index in [-0.39, 0.29) is 36.9 Å². The van der Waals surface area contributed by atoms with E-state index in [4.69, 9.17) is 15.0 Å². The predicted octanol–water partition coefficient (Wildman–Crippen LogP) is 4.47. The average molecular weight is 452 g/mol. The second-order valence-corrected chi connectivity index (χ2v) is 8.14. The van der Waals surface area contributed by atoms with Gasteiger partial charge in [0.25, 0.3) is 5.91 Å². The van der Waals surface area contributed by atoms with Crippen molar-refractivity contribution >= 4 is 17.7 Å². The van der Waals surface area contributed by atoms with Crippen LogP contribution >= 0.6 is 0 Å². The Morgan fingerprint density at radius 2 is 1.64 bits per heavy atom. The van der Waals surface area contributed by atoms with Crippen molar-refractivity contribution in [2.24, 2.45) is 5.11 Å². The van der Waals surface area contributed by atoms with Gasteiger partial charge >= 0.3 is 5.97 Å². The first-order chi connectivity index (χ1) is 16.0. The van der Waals surface area contributed by atoms with E-state index in [0.717, 1.165) is 31.2 Å². The maximum absolute atomic E-state index is 12.7. The summed E-state index contributed by atoms with van der Waals surface area (Å²) in [5, 5.41) is 6.01. The summed E-state index contributed by atoms with van der Waals surface area (Å²) >= 11 is 0. The molecule has 0 bridgehead atoms. The summed E-state index contributed by atoms with van der Waals surface area (Å²) in [6, 6.07) is 12.4. The number of amides is 1. The van der Waals surface area contributed by atoms with Crippen LogP contribution in [-0.4, -0.2) is 36.4 Å². The van der Waals surface area contributed by atoms with Crippen molar-refractivity contribution in [3.8, 4) is 5.75 Å². The molecule has 0 heterocycles. The van der Waals surface area contributed by atoms with Crippen molar-refractivity contribution in [1.82, 2.24) is 5.32 Å². The molecule has 33 heavy (non-hydrogen) atoms. The van der Waals surface area contributed by atoms with Crippen LogP contribution in [0.15, 0.2) is 53.6 Å². The third-order valence-corrected chi connectivity index (χ3v) is 5.56. The lowest BCUT2D eigenvalue weighted by molar-refractivity contribution is -0.152. The lowest BCUT2D eigenvalue weighted by Crippen LogP contribution is -2.38. The largest absolute Gasteiger partial charge is 0.482 e. The maximum atomic E-state index is 12.7. The van der Waals surface area contributed by atoms with Gasteiger partial charge in [0.05, 0.1) is 12.6 Å². The molecule has 3 rings (SSSR count). The highest BCUT2D eigenvalue weighted by atomic mass is 16.6. The molecule has 2 N–H and O–H groups in total. The zero-order valence-corrected chi connectivity index (χ0v) is 18.7. The van der Waals surface area contributed by atoms with Gasteiger partial charge in [0.15, 0.2) is 12.4 Å². The van der Waals surface area contributed by atoms with Gasteiger partial charge in [0.2, 0.25) is 0 Å². The molecule has 8 nitrogen and oxygen atoms in total. The summed E-state index contributed by atoms with van der Waals surface area (Å²) in [5.41, 5.74) is 8.56. The predicted molar refractivity (Wildman–Crippen MR) is 121 cm³/mol. The first kappa shape index (κ1) is 24.1. The van der Waals surface area contributed by atoms with E-state index in [0.29, 0.717) is 16.9 Å². The number of ketones is 1. The number of benzene rings is 2. The summed E-state index contributed by atoms with van der Waals surface area (Å²) in [4.78, 5) is 37.1. The molecule has 1 fully saturated rings. The molecule has 0 aliphatic heterocycles. The Bertz CT molecular complexity index is 967. The molecule has 0 spiro atoms. The number of Topliss-reactive ketones (excluding diaryl/α,β-unsaturated/α-hetero) is 1. The van der Waals surface area contributed by atoms with Crippen LogP contribution in [0.5, 0.6) is 5.75 Å². The number of ether oxygens (including phenoxy) is 2. The second-order valence-electron chi connectivity index (χ2n) is 8.14. The van der Waals surface area contributed by atoms with Crippen LogP contribution < -0.4 is 10.1 Å². The van der Waals surface area contributed by atoms with Crippen molar-refractivity contribution in [3.63, 3.8) is 0 Å². The molecule has 0 unspecified atom stereocenters. The third kappa shape index (κ3) is 7.24. The molecule has 0 radical (unpaired) electrons. The minimum atomic E-state index is -0.724. The second kappa shape index (κ2) is 11.9. The Morgan fingerprint density at radius 3 is 2.27 bits per heavy atom. The van der Waals surface area contributed by atoms with Crippen LogP contribution in [0.25, 0.3) is 0 Å². The Balaban J connectivity index is 1.47. The normalized spacial score (nSPS) is 14.7. The number of hydrogen-bond acceptors (Lipinski definition) is 7. The van der Waals surface area contributed by atoms with E-state index < -0.39 is 6.04 Å². The van der Waals surface area contributed by atoms with Crippen molar-refractivity contribution in [2.75, 3.05) is 6.61 Å². The van der Waals surface area contributed by atoms with Crippen LogP contribution in [0.3, 0.4) is 0 Å². The zero-order valence-electron chi connectivity index (χ0n) is 18.7. The van der Waals surface area contributed by atoms with Gasteiger partial charge in [-0.1, -0.05) is 18.6 Å². The standard InChI is InChI=1S/C25H29N3O5/c1-17(28-25(31)20-9-7-18(8-10-20)15-27-26)24(30)19-11-13-21(14-12-19)32-16-23(29)33-22-5-3-2-4-6-22/h7-14,17,22,26H,2-6,15-16H2,1H3,(H,28,31)/t17-/m0/s1. The summed E-state index contributed by atoms with van der Waals surface area (Å²) in [7, 11) is 0. The highest BCUT2D eigenvalue weighted by Crippen LogP contribution is 2.20. The number of rotatable bonds is 10. The SMILES string of the molecule is C[C@H](NC(=O)c1ccc(CN=N)cc1)C(=O)c1ccc(OCC(=O)OC2CCCCC2)cc1. The number of carbonyl (C=O) groups is 3. The van der Waals surface area contributed by atoms with E-state index in [1.165, 1.54) is 6.42 Å². The number of nitrogens with zero attached hydrogens (tertiary/aromatic N) is 1. The number of esters is 1. The highest BCUT2D eigenvalue weighted by molar-refractivity contribution is 6.04. The molecule has 1 atom stereocenters. The van der Waals surface area contributed by atoms with Gasteiger partial charge in [-0.3, -0.25) is 9.59 Å². The number of carbonyl (C=O) groups excluding carboxylic acids is 3. The summed E-state index contributed by atoms with van der Waals surface area (Å²) in [5.74, 6) is -0.526. The molecule has 0 aromatic heterocycles. The fraction of sp³-hybridized carbons (Fsp3) is 0.400. The molecule has 1 amide bonds. The maximum Gasteiger partial charge on any atom is 0.344 e. The third-order valence-electron chi connectivity index (χ3n) is 5.56. The summed E-state index contributed by atoms with van der Waals surface area (Å²) in [6.45, 7) is 1.71. The molecular formula is C25H29N3O5. The molecule has 0 saturated heterocycles. The van der Waals surface area contributed by atoms with Gasteiger partial charge in [0.1, 0.15) is 11.9 Å².